The van der Waals surface area contributed by atoms with E-state index in [-0.39, 0.29) is 0 Å². The number of rotatable bonds is 3. The van der Waals surface area contributed by atoms with E-state index in [2.05, 4.69) is 4.90 Å². The minimum absolute atomic E-state index is 0.571. The Morgan fingerprint density at radius 1 is 1.12 bits per heavy atom. The highest BCUT2D eigenvalue weighted by atomic mass is 16.3. The zero-order valence-corrected chi connectivity index (χ0v) is 9.58. The van der Waals surface area contributed by atoms with Crippen LogP contribution in [0.5, 0.6) is 0 Å². The van der Waals surface area contributed by atoms with Gasteiger partial charge < -0.3 is 15.1 Å². The highest BCUT2D eigenvalue weighted by Gasteiger charge is 2.18. The summed E-state index contributed by atoms with van der Waals surface area (Å²) in [6, 6.07) is 9.00. The molecule has 0 amide bonds. The maximum Gasteiger partial charge on any atom is 0.170 e. The van der Waals surface area contributed by atoms with Crippen molar-refractivity contribution in [2.75, 3.05) is 18.0 Å². The Hall–Kier alpha value is -1.57. The molecule has 2 rings (SSSR count). The van der Waals surface area contributed by atoms with Crippen molar-refractivity contribution in [2.45, 2.75) is 25.0 Å². The minimum Gasteiger partial charge on any atom is -0.385 e. The first kappa shape index (κ1) is 11.9. The summed E-state index contributed by atoms with van der Waals surface area (Å²) in [6.45, 7) is 2.14. The van der Waals surface area contributed by atoms with Crippen LogP contribution < -0.4 is 4.90 Å². The molecule has 4 heteroatoms. The van der Waals surface area contributed by atoms with E-state index in [0.29, 0.717) is 5.56 Å². The maximum absolute atomic E-state index is 9.66. The molecule has 0 radical (unpaired) electrons. The van der Waals surface area contributed by atoms with E-state index in [1.54, 1.807) is 18.2 Å². The average molecular weight is 232 g/mol. The van der Waals surface area contributed by atoms with Gasteiger partial charge in [0.25, 0.3) is 0 Å². The van der Waals surface area contributed by atoms with E-state index in [1.165, 1.54) is 12.8 Å². The zero-order chi connectivity index (χ0) is 12.3. The van der Waals surface area contributed by atoms with Crippen LogP contribution in [-0.4, -0.2) is 29.4 Å². The second-order valence-corrected chi connectivity index (χ2v) is 4.30. The van der Waals surface area contributed by atoms with Crippen LogP contribution in [0.2, 0.25) is 0 Å². The number of benzene rings is 1. The molecule has 0 bridgehead atoms. The Kier molecular flexibility index (Phi) is 3.62. The van der Waals surface area contributed by atoms with Crippen molar-refractivity contribution >= 4 is 5.69 Å². The van der Waals surface area contributed by atoms with Crippen LogP contribution in [0, 0.1) is 11.3 Å². The van der Waals surface area contributed by atoms with E-state index in [4.69, 9.17) is 5.26 Å². The number of aliphatic hydroxyl groups is 2. The summed E-state index contributed by atoms with van der Waals surface area (Å²) in [6.07, 6.45) is -0.0602. The van der Waals surface area contributed by atoms with Crippen LogP contribution in [0.1, 0.15) is 24.5 Å². The lowest BCUT2D eigenvalue weighted by atomic mass is 10.0. The van der Waals surface area contributed by atoms with Gasteiger partial charge in [-0.2, -0.15) is 5.26 Å². The molecule has 1 aromatic rings. The van der Waals surface area contributed by atoms with Crippen molar-refractivity contribution in [3.63, 3.8) is 0 Å². The Balaban J connectivity index is 2.10. The Labute approximate surface area is 101 Å². The molecule has 1 aliphatic rings. The first-order chi connectivity index (χ1) is 8.22. The second kappa shape index (κ2) is 5.17. The second-order valence-electron chi connectivity index (χ2n) is 4.30. The predicted molar refractivity (Wildman–Crippen MR) is 64.5 cm³/mol. The molecule has 1 fully saturated rings. The summed E-state index contributed by atoms with van der Waals surface area (Å²) < 4.78 is 0. The highest BCUT2D eigenvalue weighted by Crippen LogP contribution is 2.23. The lowest BCUT2D eigenvalue weighted by molar-refractivity contribution is 0.0528. The number of hydrogen-bond donors (Lipinski definition) is 2. The molecule has 1 saturated heterocycles. The number of hydrogen-bond acceptors (Lipinski definition) is 4. The van der Waals surface area contributed by atoms with Crippen LogP contribution in [-0.2, 0) is 0 Å². The van der Waals surface area contributed by atoms with Crippen LogP contribution in [0.3, 0.4) is 0 Å². The van der Waals surface area contributed by atoms with Gasteiger partial charge in [0.05, 0.1) is 6.07 Å². The fraction of sp³-hybridized carbons (Fsp3) is 0.462. The summed E-state index contributed by atoms with van der Waals surface area (Å²) in [7, 11) is 0. The van der Waals surface area contributed by atoms with Gasteiger partial charge in [-0.1, -0.05) is 12.1 Å². The molecule has 4 nitrogen and oxygen atoms in total. The van der Waals surface area contributed by atoms with E-state index < -0.39 is 12.2 Å². The van der Waals surface area contributed by atoms with Gasteiger partial charge in [0.15, 0.2) is 6.10 Å². The molecule has 1 aliphatic heterocycles. The van der Waals surface area contributed by atoms with Crippen LogP contribution in [0.15, 0.2) is 24.3 Å². The number of anilines is 1. The molecule has 1 heterocycles. The van der Waals surface area contributed by atoms with Gasteiger partial charge >= 0.3 is 0 Å². The molecule has 2 N–H and O–H groups in total. The third kappa shape index (κ3) is 2.57. The van der Waals surface area contributed by atoms with Gasteiger partial charge in [0, 0.05) is 18.8 Å². The molecule has 0 aromatic heterocycles. The molecule has 2 unspecified atom stereocenters. The summed E-state index contributed by atoms with van der Waals surface area (Å²) in [5, 5.41) is 27.4. The fourth-order valence-electron chi connectivity index (χ4n) is 2.11. The smallest absolute Gasteiger partial charge is 0.170 e. The zero-order valence-electron chi connectivity index (χ0n) is 9.58. The van der Waals surface area contributed by atoms with Crippen LogP contribution in [0.4, 0.5) is 5.69 Å². The lowest BCUT2D eigenvalue weighted by Crippen LogP contribution is -2.18. The van der Waals surface area contributed by atoms with Gasteiger partial charge in [-0.05, 0) is 30.5 Å². The van der Waals surface area contributed by atoms with E-state index in [9.17, 15) is 10.2 Å². The molecular formula is C13H16N2O2. The third-order valence-electron chi connectivity index (χ3n) is 3.14. The van der Waals surface area contributed by atoms with Crippen molar-refractivity contribution in [3.05, 3.63) is 29.8 Å². The summed E-state index contributed by atoms with van der Waals surface area (Å²) >= 11 is 0. The molecule has 90 valence electrons. The highest BCUT2D eigenvalue weighted by molar-refractivity contribution is 5.48. The SMILES string of the molecule is N#CC(O)C(O)c1ccc(N2CCCC2)cc1. The fourth-order valence-corrected chi connectivity index (χ4v) is 2.11. The number of nitrogens with zero attached hydrogens (tertiary/aromatic N) is 2. The van der Waals surface area contributed by atoms with Crippen molar-refractivity contribution in [1.29, 1.82) is 5.26 Å². The van der Waals surface area contributed by atoms with Crippen molar-refractivity contribution in [1.82, 2.24) is 0 Å². The molecule has 0 saturated carbocycles. The number of nitriles is 1. The van der Waals surface area contributed by atoms with Gasteiger partial charge in [-0.15, -0.1) is 0 Å². The molecule has 0 spiro atoms. The third-order valence-corrected chi connectivity index (χ3v) is 3.14. The van der Waals surface area contributed by atoms with E-state index in [1.807, 2.05) is 12.1 Å². The molecule has 17 heavy (non-hydrogen) atoms. The monoisotopic (exact) mass is 232 g/mol. The summed E-state index contributed by atoms with van der Waals surface area (Å²) in [5.41, 5.74) is 1.70. The molecule has 1 aromatic carbocycles. The van der Waals surface area contributed by atoms with Crippen molar-refractivity contribution < 1.29 is 10.2 Å². The Morgan fingerprint density at radius 2 is 1.71 bits per heavy atom. The normalized spacial score (nSPS) is 18.8. The quantitative estimate of drug-likeness (QED) is 0.768. The first-order valence-corrected chi connectivity index (χ1v) is 5.83. The Morgan fingerprint density at radius 3 is 2.24 bits per heavy atom. The molecule has 0 aliphatic carbocycles. The standard InChI is InChI=1S/C13H16N2O2/c14-9-12(16)13(17)10-3-5-11(6-4-10)15-7-1-2-8-15/h3-6,12-13,16-17H,1-2,7-8H2. The van der Waals surface area contributed by atoms with Gasteiger partial charge in [-0.25, -0.2) is 0 Å². The van der Waals surface area contributed by atoms with Crippen molar-refractivity contribution in [2.24, 2.45) is 0 Å². The Bertz CT molecular complexity index is 404. The van der Waals surface area contributed by atoms with Crippen LogP contribution in [0.25, 0.3) is 0 Å². The molecule has 2 atom stereocenters. The summed E-state index contributed by atoms with van der Waals surface area (Å²) in [4.78, 5) is 2.29. The van der Waals surface area contributed by atoms with Gasteiger partial charge in [0.2, 0.25) is 0 Å². The average Bonchev–Trinajstić information content (AvgIpc) is 2.91. The van der Waals surface area contributed by atoms with Crippen molar-refractivity contribution in [3.8, 4) is 6.07 Å². The largest absolute Gasteiger partial charge is 0.385 e. The van der Waals surface area contributed by atoms with Gasteiger partial charge in [-0.3, -0.25) is 0 Å². The maximum atomic E-state index is 9.66. The minimum atomic E-state index is -1.37. The first-order valence-electron chi connectivity index (χ1n) is 5.83. The summed E-state index contributed by atoms with van der Waals surface area (Å²) in [5.74, 6) is 0. The molecular weight excluding hydrogens is 216 g/mol. The predicted octanol–water partition coefficient (Wildman–Crippen LogP) is 1.20. The lowest BCUT2D eigenvalue weighted by Gasteiger charge is -2.19. The van der Waals surface area contributed by atoms with Gasteiger partial charge in [0.1, 0.15) is 6.10 Å². The topological polar surface area (TPSA) is 67.5 Å². The number of aliphatic hydroxyl groups excluding tert-OH is 2. The van der Waals surface area contributed by atoms with E-state index in [0.717, 1.165) is 18.8 Å². The van der Waals surface area contributed by atoms with E-state index >= 15 is 0 Å². The van der Waals surface area contributed by atoms with Crippen LogP contribution >= 0.6 is 0 Å².